The van der Waals surface area contributed by atoms with Crippen LogP contribution in [0.15, 0.2) is 47.6 Å². The van der Waals surface area contributed by atoms with E-state index in [9.17, 15) is 9.59 Å². The fourth-order valence-electron chi connectivity index (χ4n) is 3.04. The maximum absolute atomic E-state index is 12.7. The monoisotopic (exact) mass is 408 g/mol. The summed E-state index contributed by atoms with van der Waals surface area (Å²) in [6, 6.07) is 13.1. The van der Waals surface area contributed by atoms with E-state index in [0.29, 0.717) is 30.1 Å². The smallest absolute Gasteiger partial charge is 0.271 e. The van der Waals surface area contributed by atoms with E-state index in [1.165, 1.54) is 5.01 Å². The van der Waals surface area contributed by atoms with Crippen LogP contribution in [0, 0.1) is 13.8 Å². The fraction of sp³-hybridized carbons (Fsp3) is 0.348. The molecule has 7 heteroatoms. The molecule has 0 aromatic heterocycles. The average Bonchev–Trinajstić information content (AvgIpc) is 2.71. The first-order chi connectivity index (χ1) is 14.3. The normalized spacial score (nSPS) is 14.0. The average molecular weight is 409 g/mol. The molecule has 2 aromatic rings. The Morgan fingerprint density at radius 3 is 2.57 bits per heavy atom. The Kier molecular flexibility index (Phi) is 6.84. The van der Waals surface area contributed by atoms with Gasteiger partial charge in [0.15, 0.2) is 0 Å². The summed E-state index contributed by atoms with van der Waals surface area (Å²) < 4.78 is 5.67. The third kappa shape index (κ3) is 5.45. The van der Waals surface area contributed by atoms with E-state index >= 15 is 0 Å². The standard InChI is InChI=1S/C23H28N4O3/c1-16-5-6-17(2)21(15-16)27-22(28)12-11-20(25-27)23(29)24-18-7-9-19(10-8-18)30-14-13-26(3)4/h5-10,15H,11-14H2,1-4H3,(H,24,29). The molecule has 3 rings (SSSR count). The predicted molar refractivity (Wildman–Crippen MR) is 119 cm³/mol. The molecule has 1 aliphatic rings. The molecule has 0 atom stereocenters. The van der Waals surface area contributed by atoms with Gasteiger partial charge in [0, 0.05) is 25.1 Å². The number of likely N-dealkylation sites (N-methyl/N-ethyl adjacent to an activating group) is 1. The number of hydrogen-bond acceptors (Lipinski definition) is 5. The molecule has 0 saturated heterocycles. The lowest BCUT2D eigenvalue weighted by Gasteiger charge is -2.24. The van der Waals surface area contributed by atoms with E-state index in [1.54, 1.807) is 12.1 Å². The van der Waals surface area contributed by atoms with Gasteiger partial charge in [0.1, 0.15) is 18.1 Å². The Labute approximate surface area is 177 Å². The SMILES string of the molecule is Cc1ccc(C)c(N2N=C(C(=O)Nc3ccc(OCCN(C)C)cc3)CCC2=O)c1. The van der Waals surface area contributed by atoms with E-state index in [1.807, 2.05) is 63.2 Å². The third-order valence-corrected chi connectivity index (χ3v) is 4.81. The van der Waals surface area contributed by atoms with Crippen LogP contribution in [0.1, 0.15) is 24.0 Å². The number of rotatable bonds is 7. The summed E-state index contributed by atoms with van der Waals surface area (Å²) in [4.78, 5) is 27.2. The number of nitrogens with zero attached hydrogens (tertiary/aromatic N) is 3. The van der Waals surface area contributed by atoms with Gasteiger partial charge in [-0.15, -0.1) is 0 Å². The first kappa shape index (κ1) is 21.5. The number of carbonyl (C=O) groups is 2. The lowest BCUT2D eigenvalue weighted by Crippen LogP contribution is -2.36. The number of anilines is 2. The van der Waals surface area contributed by atoms with Crippen LogP contribution in [-0.2, 0) is 9.59 Å². The molecule has 1 N–H and O–H groups in total. The second kappa shape index (κ2) is 9.54. The van der Waals surface area contributed by atoms with Gasteiger partial charge in [-0.2, -0.15) is 5.10 Å². The minimum Gasteiger partial charge on any atom is -0.492 e. The molecule has 0 bridgehead atoms. The van der Waals surface area contributed by atoms with Crippen molar-refractivity contribution in [2.45, 2.75) is 26.7 Å². The number of carbonyl (C=O) groups excluding carboxylic acids is 2. The molecular formula is C23H28N4O3. The van der Waals surface area contributed by atoms with Crippen molar-refractivity contribution in [3.63, 3.8) is 0 Å². The summed E-state index contributed by atoms with van der Waals surface area (Å²) in [5.74, 6) is 0.329. The second-order valence-electron chi connectivity index (χ2n) is 7.67. The Bertz CT molecular complexity index is 951. The Morgan fingerprint density at radius 1 is 1.13 bits per heavy atom. The van der Waals surface area contributed by atoms with Crippen molar-refractivity contribution in [2.24, 2.45) is 5.10 Å². The highest BCUT2D eigenvalue weighted by molar-refractivity contribution is 6.44. The van der Waals surface area contributed by atoms with Crippen molar-refractivity contribution in [1.82, 2.24) is 4.90 Å². The number of ether oxygens (including phenoxy) is 1. The zero-order chi connectivity index (χ0) is 21.7. The van der Waals surface area contributed by atoms with Gasteiger partial charge in [-0.25, -0.2) is 5.01 Å². The molecular weight excluding hydrogens is 380 g/mol. The fourth-order valence-corrected chi connectivity index (χ4v) is 3.04. The summed E-state index contributed by atoms with van der Waals surface area (Å²) in [5, 5.41) is 8.57. The minimum absolute atomic E-state index is 0.112. The van der Waals surface area contributed by atoms with Crippen LogP contribution < -0.4 is 15.1 Å². The second-order valence-corrected chi connectivity index (χ2v) is 7.67. The van der Waals surface area contributed by atoms with E-state index in [0.717, 1.165) is 23.4 Å². The van der Waals surface area contributed by atoms with Gasteiger partial charge >= 0.3 is 0 Å². The van der Waals surface area contributed by atoms with Crippen LogP contribution >= 0.6 is 0 Å². The van der Waals surface area contributed by atoms with Gasteiger partial charge in [-0.1, -0.05) is 12.1 Å². The Morgan fingerprint density at radius 2 is 1.87 bits per heavy atom. The molecule has 0 aliphatic carbocycles. The summed E-state index contributed by atoms with van der Waals surface area (Å²) in [6.45, 7) is 5.31. The molecule has 0 spiro atoms. The maximum atomic E-state index is 12.7. The number of hydrogen-bond donors (Lipinski definition) is 1. The van der Waals surface area contributed by atoms with Crippen molar-refractivity contribution < 1.29 is 14.3 Å². The lowest BCUT2D eigenvalue weighted by molar-refractivity contribution is -0.118. The van der Waals surface area contributed by atoms with E-state index in [-0.39, 0.29) is 18.2 Å². The van der Waals surface area contributed by atoms with Crippen LogP contribution in [0.4, 0.5) is 11.4 Å². The van der Waals surface area contributed by atoms with Crippen LogP contribution in [0.2, 0.25) is 0 Å². The van der Waals surface area contributed by atoms with Gasteiger partial charge in [0.05, 0.1) is 5.69 Å². The molecule has 7 nitrogen and oxygen atoms in total. The summed E-state index contributed by atoms with van der Waals surface area (Å²) >= 11 is 0. The molecule has 0 saturated carbocycles. The van der Waals surface area contributed by atoms with Crippen molar-refractivity contribution in [2.75, 3.05) is 37.6 Å². The van der Waals surface area contributed by atoms with Gasteiger partial charge in [-0.3, -0.25) is 9.59 Å². The zero-order valence-electron chi connectivity index (χ0n) is 17.9. The quantitative estimate of drug-likeness (QED) is 0.762. The van der Waals surface area contributed by atoms with Crippen molar-refractivity contribution in [1.29, 1.82) is 0 Å². The van der Waals surface area contributed by atoms with Crippen LogP contribution in [0.3, 0.4) is 0 Å². The topological polar surface area (TPSA) is 74.2 Å². The molecule has 0 radical (unpaired) electrons. The molecule has 2 aromatic carbocycles. The first-order valence-electron chi connectivity index (χ1n) is 10.00. The molecule has 158 valence electrons. The van der Waals surface area contributed by atoms with Gasteiger partial charge < -0.3 is 15.0 Å². The minimum atomic E-state index is -0.306. The number of hydrazone groups is 1. The number of aryl methyl sites for hydroxylation is 2. The molecule has 2 amide bonds. The van der Waals surface area contributed by atoms with Crippen molar-refractivity contribution >= 4 is 28.9 Å². The highest BCUT2D eigenvalue weighted by Gasteiger charge is 2.26. The molecule has 0 unspecified atom stereocenters. The van der Waals surface area contributed by atoms with Gasteiger partial charge in [0.2, 0.25) is 5.91 Å². The van der Waals surface area contributed by atoms with E-state index in [2.05, 4.69) is 10.4 Å². The van der Waals surface area contributed by atoms with Crippen LogP contribution in [0.5, 0.6) is 5.75 Å². The summed E-state index contributed by atoms with van der Waals surface area (Å²) in [6.07, 6.45) is 0.566. The number of amides is 2. The molecule has 1 aliphatic heterocycles. The first-order valence-corrected chi connectivity index (χ1v) is 10.00. The van der Waals surface area contributed by atoms with Crippen molar-refractivity contribution in [3.8, 4) is 5.75 Å². The molecule has 1 heterocycles. The predicted octanol–water partition coefficient (Wildman–Crippen LogP) is 3.37. The Hall–Kier alpha value is -3.19. The highest BCUT2D eigenvalue weighted by atomic mass is 16.5. The van der Waals surface area contributed by atoms with Crippen LogP contribution in [-0.4, -0.2) is 49.7 Å². The van der Waals surface area contributed by atoms with Gasteiger partial charge in [0.25, 0.3) is 5.91 Å². The van der Waals surface area contributed by atoms with Crippen LogP contribution in [0.25, 0.3) is 0 Å². The summed E-state index contributed by atoms with van der Waals surface area (Å²) in [7, 11) is 3.98. The highest BCUT2D eigenvalue weighted by Crippen LogP contribution is 2.26. The third-order valence-electron chi connectivity index (χ3n) is 4.81. The van der Waals surface area contributed by atoms with Crippen molar-refractivity contribution in [3.05, 3.63) is 53.6 Å². The maximum Gasteiger partial charge on any atom is 0.271 e. The molecule has 0 fully saturated rings. The molecule has 30 heavy (non-hydrogen) atoms. The zero-order valence-corrected chi connectivity index (χ0v) is 17.9. The van der Waals surface area contributed by atoms with Gasteiger partial charge in [-0.05, 0) is 69.4 Å². The Balaban J connectivity index is 1.68. The largest absolute Gasteiger partial charge is 0.492 e. The summed E-state index contributed by atoms with van der Waals surface area (Å²) in [5.41, 5.74) is 3.66. The van der Waals surface area contributed by atoms with E-state index in [4.69, 9.17) is 4.74 Å². The van der Waals surface area contributed by atoms with E-state index < -0.39 is 0 Å². The number of nitrogens with one attached hydrogen (secondary N) is 1. The lowest BCUT2D eigenvalue weighted by atomic mass is 10.1. The number of benzene rings is 2.